The molecule has 1 aromatic carbocycles. The number of oxazole rings is 1. The smallest absolute Gasteiger partial charge is 0.360 e. The summed E-state index contributed by atoms with van der Waals surface area (Å²) in [7, 11) is 1.30. The number of esters is 1. The molecule has 0 aliphatic heterocycles. The zero-order valence-corrected chi connectivity index (χ0v) is 11.5. The maximum atomic E-state index is 12.9. The minimum absolute atomic E-state index is 0.195. The van der Waals surface area contributed by atoms with E-state index in [1.807, 2.05) is 0 Å². The van der Waals surface area contributed by atoms with Gasteiger partial charge >= 0.3 is 5.97 Å². The van der Waals surface area contributed by atoms with Crippen molar-refractivity contribution in [3.63, 3.8) is 0 Å². The van der Waals surface area contributed by atoms with E-state index < -0.39 is 5.97 Å². The Labute approximate surface area is 116 Å². The lowest BCUT2D eigenvalue weighted by molar-refractivity contribution is 0.0592. The molecular formula is C15H16FNO3. The standard InChI is InChI=1S/C15H16FNO3/c1-3-4-5-12-13(15(18)19-2)17-14(20-12)10-6-8-11(16)9-7-10/h6-9H,3-5H2,1-2H3. The topological polar surface area (TPSA) is 52.3 Å². The minimum atomic E-state index is -0.520. The predicted molar refractivity (Wildman–Crippen MR) is 71.8 cm³/mol. The van der Waals surface area contributed by atoms with Gasteiger partial charge in [-0.1, -0.05) is 13.3 Å². The van der Waals surface area contributed by atoms with Crippen LogP contribution in [0.2, 0.25) is 0 Å². The van der Waals surface area contributed by atoms with E-state index in [-0.39, 0.29) is 11.5 Å². The molecule has 4 nitrogen and oxygen atoms in total. The lowest BCUT2D eigenvalue weighted by Crippen LogP contribution is -2.05. The molecule has 5 heteroatoms. The number of nitrogens with zero attached hydrogens (tertiary/aromatic N) is 1. The fourth-order valence-corrected chi connectivity index (χ4v) is 1.83. The summed E-state index contributed by atoms with van der Waals surface area (Å²) in [5, 5.41) is 0. The molecule has 0 atom stereocenters. The number of aryl methyl sites for hydroxylation is 1. The molecule has 1 heterocycles. The molecule has 106 valence electrons. The van der Waals surface area contributed by atoms with Crippen LogP contribution in [-0.2, 0) is 11.2 Å². The molecule has 0 spiro atoms. The monoisotopic (exact) mass is 277 g/mol. The molecule has 0 saturated carbocycles. The highest BCUT2D eigenvalue weighted by Gasteiger charge is 2.20. The number of aromatic nitrogens is 1. The van der Waals surface area contributed by atoms with Gasteiger partial charge in [-0.2, -0.15) is 0 Å². The number of benzene rings is 1. The van der Waals surface area contributed by atoms with Crippen molar-refractivity contribution in [3.8, 4) is 11.5 Å². The van der Waals surface area contributed by atoms with Gasteiger partial charge in [0.15, 0.2) is 5.69 Å². The van der Waals surface area contributed by atoms with Crippen LogP contribution in [0.4, 0.5) is 4.39 Å². The third kappa shape index (κ3) is 3.04. The number of carbonyl (C=O) groups excluding carboxylic acids is 1. The molecule has 0 amide bonds. The Bertz CT molecular complexity index is 590. The first-order valence-electron chi connectivity index (χ1n) is 6.49. The molecule has 0 unspecified atom stereocenters. The third-order valence-corrected chi connectivity index (χ3v) is 2.92. The van der Waals surface area contributed by atoms with E-state index in [1.54, 1.807) is 12.1 Å². The first kappa shape index (κ1) is 14.2. The molecule has 1 aromatic heterocycles. The van der Waals surface area contributed by atoms with Crippen molar-refractivity contribution < 1.29 is 18.3 Å². The van der Waals surface area contributed by atoms with E-state index in [9.17, 15) is 9.18 Å². The maximum Gasteiger partial charge on any atom is 0.360 e. The van der Waals surface area contributed by atoms with Crippen LogP contribution in [-0.4, -0.2) is 18.1 Å². The van der Waals surface area contributed by atoms with Crippen LogP contribution >= 0.6 is 0 Å². The highest BCUT2D eigenvalue weighted by Crippen LogP contribution is 2.24. The number of rotatable bonds is 5. The van der Waals surface area contributed by atoms with E-state index in [2.05, 4.69) is 11.9 Å². The van der Waals surface area contributed by atoms with Gasteiger partial charge in [-0.3, -0.25) is 0 Å². The van der Waals surface area contributed by atoms with Crippen molar-refractivity contribution in [2.45, 2.75) is 26.2 Å². The van der Waals surface area contributed by atoms with Gasteiger partial charge in [0.1, 0.15) is 11.6 Å². The lowest BCUT2D eigenvalue weighted by atomic mass is 10.2. The largest absolute Gasteiger partial charge is 0.464 e. The average Bonchev–Trinajstić information content (AvgIpc) is 2.89. The number of halogens is 1. The zero-order chi connectivity index (χ0) is 14.5. The lowest BCUT2D eigenvalue weighted by Gasteiger charge is -1.97. The fraction of sp³-hybridized carbons (Fsp3) is 0.333. The summed E-state index contributed by atoms with van der Waals surface area (Å²) in [6.07, 6.45) is 2.49. The Morgan fingerprint density at radius 2 is 2.05 bits per heavy atom. The summed E-state index contributed by atoms with van der Waals surface area (Å²) >= 11 is 0. The molecule has 0 saturated heterocycles. The Morgan fingerprint density at radius 3 is 2.65 bits per heavy atom. The maximum absolute atomic E-state index is 12.9. The Balaban J connectivity index is 2.37. The molecule has 0 aliphatic carbocycles. The second-order valence-electron chi connectivity index (χ2n) is 4.39. The number of hydrogen-bond acceptors (Lipinski definition) is 4. The van der Waals surface area contributed by atoms with Crippen molar-refractivity contribution in [1.29, 1.82) is 0 Å². The Morgan fingerprint density at radius 1 is 1.35 bits per heavy atom. The van der Waals surface area contributed by atoms with E-state index in [1.165, 1.54) is 19.2 Å². The quantitative estimate of drug-likeness (QED) is 0.783. The minimum Gasteiger partial charge on any atom is -0.464 e. The first-order valence-corrected chi connectivity index (χ1v) is 6.49. The van der Waals surface area contributed by atoms with Gasteiger partial charge in [0.25, 0.3) is 0 Å². The van der Waals surface area contributed by atoms with Crippen molar-refractivity contribution in [3.05, 3.63) is 41.5 Å². The van der Waals surface area contributed by atoms with Crippen molar-refractivity contribution in [2.24, 2.45) is 0 Å². The van der Waals surface area contributed by atoms with Gasteiger partial charge in [0, 0.05) is 12.0 Å². The number of ether oxygens (including phenoxy) is 1. The summed E-state index contributed by atoms with van der Waals surface area (Å²) in [6.45, 7) is 2.05. The van der Waals surface area contributed by atoms with Gasteiger partial charge in [-0.15, -0.1) is 0 Å². The third-order valence-electron chi connectivity index (χ3n) is 2.92. The molecule has 0 radical (unpaired) electrons. The fourth-order valence-electron chi connectivity index (χ4n) is 1.83. The SMILES string of the molecule is CCCCc1oc(-c2ccc(F)cc2)nc1C(=O)OC. The van der Waals surface area contributed by atoms with E-state index in [0.29, 0.717) is 23.6 Å². The van der Waals surface area contributed by atoms with Gasteiger partial charge < -0.3 is 9.15 Å². The number of carbonyl (C=O) groups is 1. The van der Waals surface area contributed by atoms with Crippen molar-refractivity contribution in [1.82, 2.24) is 4.98 Å². The van der Waals surface area contributed by atoms with Crippen LogP contribution in [0.3, 0.4) is 0 Å². The van der Waals surface area contributed by atoms with Crippen LogP contribution in [0.15, 0.2) is 28.7 Å². The number of unbranched alkanes of at least 4 members (excludes halogenated alkanes) is 1. The molecule has 0 aliphatic rings. The Kier molecular flexibility index (Phi) is 4.50. The summed E-state index contributed by atoms with van der Waals surface area (Å²) in [6, 6.07) is 5.77. The summed E-state index contributed by atoms with van der Waals surface area (Å²) in [5.74, 6) is -0.0394. The van der Waals surface area contributed by atoms with Gasteiger partial charge in [0.2, 0.25) is 5.89 Å². The molecule has 0 bridgehead atoms. The molecule has 2 rings (SSSR count). The van der Waals surface area contributed by atoms with Crippen LogP contribution in [0.1, 0.15) is 36.0 Å². The van der Waals surface area contributed by atoms with Gasteiger partial charge in [0.05, 0.1) is 7.11 Å². The summed E-state index contributed by atoms with van der Waals surface area (Å²) < 4.78 is 23.2. The summed E-state index contributed by atoms with van der Waals surface area (Å²) in [4.78, 5) is 15.9. The van der Waals surface area contributed by atoms with Crippen LogP contribution in [0.5, 0.6) is 0 Å². The molecule has 2 aromatic rings. The number of hydrogen-bond donors (Lipinski definition) is 0. The van der Waals surface area contributed by atoms with E-state index in [0.717, 1.165) is 12.8 Å². The first-order chi connectivity index (χ1) is 9.65. The number of methoxy groups -OCH3 is 1. The highest BCUT2D eigenvalue weighted by atomic mass is 19.1. The average molecular weight is 277 g/mol. The van der Waals surface area contributed by atoms with Crippen LogP contribution in [0.25, 0.3) is 11.5 Å². The van der Waals surface area contributed by atoms with Gasteiger partial charge in [-0.05, 0) is 30.7 Å². The van der Waals surface area contributed by atoms with E-state index in [4.69, 9.17) is 9.15 Å². The normalized spacial score (nSPS) is 10.6. The molecular weight excluding hydrogens is 261 g/mol. The van der Waals surface area contributed by atoms with Crippen molar-refractivity contribution >= 4 is 5.97 Å². The Hall–Kier alpha value is -2.17. The second kappa shape index (κ2) is 6.32. The predicted octanol–water partition coefficient (Wildman–Crippen LogP) is 3.61. The van der Waals surface area contributed by atoms with Crippen LogP contribution < -0.4 is 0 Å². The zero-order valence-electron chi connectivity index (χ0n) is 11.5. The second-order valence-corrected chi connectivity index (χ2v) is 4.39. The molecule has 20 heavy (non-hydrogen) atoms. The van der Waals surface area contributed by atoms with Crippen LogP contribution in [0, 0.1) is 5.82 Å². The van der Waals surface area contributed by atoms with Gasteiger partial charge in [-0.25, -0.2) is 14.2 Å². The molecule has 0 N–H and O–H groups in total. The van der Waals surface area contributed by atoms with E-state index >= 15 is 0 Å². The highest BCUT2D eigenvalue weighted by molar-refractivity contribution is 5.88. The molecule has 0 fully saturated rings. The van der Waals surface area contributed by atoms with Crippen molar-refractivity contribution in [2.75, 3.05) is 7.11 Å². The summed E-state index contributed by atoms with van der Waals surface area (Å²) in [5.41, 5.74) is 0.819.